The molecular formula is C16H16N9NaO5S3. The zero-order chi connectivity index (χ0) is 23.7. The van der Waals surface area contributed by atoms with Crippen molar-refractivity contribution in [2.45, 2.75) is 16.6 Å². The summed E-state index contributed by atoms with van der Waals surface area (Å²) < 4.78 is 1.46. The Morgan fingerprint density at radius 2 is 2.24 bits per heavy atom. The number of carboxylic acid groups (broad SMARTS) is 1. The quantitative estimate of drug-likeness (QED) is 0.108. The Balaban J connectivity index is 0.00000324. The van der Waals surface area contributed by atoms with E-state index in [4.69, 9.17) is 10.6 Å². The molecule has 1 saturated heterocycles. The Morgan fingerprint density at radius 3 is 2.82 bits per heavy atom. The van der Waals surface area contributed by atoms with Crippen LogP contribution >= 0.6 is 34.9 Å². The summed E-state index contributed by atoms with van der Waals surface area (Å²) in [5.41, 5.74) is 5.97. The van der Waals surface area contributed by atoms with Crippen LogP contribution in [0.3, 0.4) is 0 Å². The van der Waals surface area contributed by atoms with Gasteiger partial charge in [-0.15, -0.1) is 28.2 Å². The first kappa shape index (κ1) is 26.4. The topological polar surface area (TPSA) is 194 Å². The molecule has 0 bridgehead atoms. The number of hydrogen-bond donors (Lipinski definition) is 2. The number of nitrogens with two attached hydrogens (primary N) is 1. The normalized spacial score (nSPS) is 19.8. The number of amides is 2. The van der Waals surface area contributed by atoms with Gasteiger partial charge in [0.2, 0.25) is 5.16 Å². The molecule has 0 saturated carbocycles. The number of carboxylic acids is 1. The number of tetrazole rings is 1. The third-order valence-corrected chi connectivity index (χ3v) is 7.76. The zero-order valence-electron chi connectivity index (χ0n) is 18.1. The van der Waals surface area contributed by atoms with Gasteiger partial charge in [0.1, 0.15) is 24.2 Å². The van der Waals surface area contributed by atoms with Crippen LogP contribution in [0, 0.1) is 0 Å². The fourth-order valence-electron chi connectivity index (χ4n) is 3.18. The van der Waals surface area contributed by atoms with Crippen molar-refractivity contribution >= 4 is 63.5 Å². The second kappa shape index (κ2) is 11.0. The van der Waals surface area contributed by atoms with Crippen LogP contribution in [0.5, 0.6) is 0 Å². The molecule has 2 aromatic rings. The molecule has 0 unspecified atom stereocenters. The van der Waals surface area contributed by atoms with Crippen LogP contribution in [0.15, 0.2) is 27.0 Å². The fraction of sp³-hybridized carbons (Fsp3) is 0.375. The van der Waals surface area contributed by atoms with Crippen molar-refractivity contribution in [2.24, 2.45) is 12.2 Å². The summed E-state index contributed by atoms with van der Waals surface area (Å²) in [7, 11) is 2.93. The number of nitrogens with zero attached hydrogens (tertiary/aromatic N) is 7. The van der Waals surface area contributed by atoms with E-state index < -0.39 is 29.2 Å². The van der Waals surface area contributed by atoms with E-state index in [9.17, 15) is 19.5 Å². The average molecular weight is 534 g/mol. The molecule has 2 atom stereocenters. The summed E-state index contributed by atoms with van der Waals surface area (Å²) in [6, 6.07) is -0.952. The molecule has 2 aliphatic rings. The molecule has 4 heterocycles. The number of thioether (sulfide) groups is 2. The van der Waals surface area contributed by atoms with Crippen LogP contribution in [-0.4, -0.2) is 83.6 Å². The number of thiazole rings is 1. The van der Waals surface area contributed by atoms with E-state index in [1.807, 2.05) is 0 Å². The second-order valence-corrected chi connectivity index (χ2v) is 9.60. The Kier molecular flexibility index (Phi) is 8.58. The largest absolute Gasteiger partial charge is 1.00 e. The number of carbonyl (C=O) groups excluding carboxylic acids is 3. The minimum absolute atomic E-state index is 0. The minimum Gasteiger partial charge on any atom is -0.543 e. The van der Waals surface area contributed by atoms with Crippen LogP contribution in [0.2, 0.25) is 0 Å². The van der Waals surface area contributed by atoms with Gasteiger partial charge in [0.15, 0.2) is 10.8 Å². The summed E-state index contributed by atoms with van der Waals surface area (Å²) in [6.45, 7) is 0. The van der Waals surface area contributed by atoms with Crippen molar-refractivity contribution < 1.29 is 53.9 Å². The van der Waals surface area contributed by atoms with Gasteiger partial charge in [0.05, 0.1) is 11.7 Å². The van der Waals surface area contributed by atoms with Gasteiger partial charge in [-0.05, 0) is 16.0 Å². The standard InChI is InChI=1S/C16H17N9O5S3.Na/c1-24-16(20-22-23-24)33-4-6-3-31-13-9(12(27)25(13)10(6)14(28)29)19-11(26)8(21-30-2)7-5-32-15(17)18-7;/h5,9,13H,3-4H2,1-2H3,(H2,17,18)(H,19,26)(H,28,29);/q;+1/p-1/b21-8+;/t9-,13-;/m1./s1. The Bertz CT molecular complexity index is 1180. The van der Waals surface area contributed by atoms with E-state index in [0.29, 0.717) is 16.5 Å². The maximum atomic E-state index is 12.8. The van der Waals surface area contributed by atoms with Crippen molar-refractivity contribution in [2.75, 3.05) is 24.3 Å². The van der Waals surface area contributed by atoms with Gasteiger partial charge in [-0.3, -0.25) is 14.5 Å². The molecule has 34 heavy (non-hydrogen) atoms. The third kappa shape index (κ3) is 5.08. The Hall–Kier alpha value is -2.18. The molecule has 2 aliphatic heterocycles. The molecule has 174 valence electrons. The van der Waals surface area contributed by atoms with Gasteiger partial charge < -0.3 is 25.8 Å². The number of aromatic nitrogens is 5. The predicted molar refractivity (Wildman–Crippen MR) is 117 cm³/mol. The summed E-state index contributed by atoms with van der Waals surface area (Å²) in [6.07, 6.45) is 0. The maximum Gasteiger partial charge on any atom is 1.00 e. The maximum absolute atomic E-state index is 12.8. The van der Waals surface area contributed by atoms with Gasteiger partial charge in [-0.1, -0.05) is 16.9 Å². The first-order chi connectivity index (χ1) is 15.8. The minimum atomic E-state index is -1.47. The molecular weight excluding hydrogens is 517 g/mol. The number of rotatable bonds is 8. The van der Waals surface area contributed by atoms with E-state index in [1.165, 1.54) is 40.7 Å². The van der Waals surface area contributed by atoms with Gasteiger partial charge in [-0.2, -0.15) is 0 Å². The number of β-lactam (4-membered cyclic amide) rings is 1. The first-order valence-corrected chi connectivity index (χ1v) is 12.1. The monoisotopic (exact) mass is 533 g/mol. The van der Waals surface area contributed by atoms with E-state index in [0.717, 1.165) is 16.2 Å². The molecule has 0 spiro atoms. The molecule has 4 rings (SSSR count). The van der Waals surface area contributed by atoms with Crippen molar-refractivity contribution in [3.8, 4) is 0 Å². The number of nitrogens with one attached hydrogen (secondary N) is 1. The van der Waals surface area contributed by atoms with Gasteiger partial charge in [-0.25, -0.2) is 9.67 Å². The molecule has 2 aromatic heterocycles. The average Bonchev–Trinajstić information content (AvgIpc) is 3.40. The number of oxime groups is 1. The number of aliphatic carboxylic acids is 1. The Morgan fingerprint density at radius 1 is 1.47 bits per heavy atom. The van der Waals surface area contributed by atoms with Crippen LogP contribution in [0.1, 0.15) is 5.69 Å². The Labute approximate surface area is 227 Å². The summed E-state index contributed by atoms with van der Waals surface area (Å²) >= 11 is 3.69. The van der Waals surface area contributed by atoms with Gasteiger partial charge in [0, 0.05) is 23.9 Å². The molecule has 0 aliphatic carbocycles. The molecule has 0 radical (unpaired) electrons. The van der Waals surface area contributed by atoms with Crippen molar-refractivity contribution in [1.29, 1.82) is 0 Å². The SMILES string of the molecule is CO/N=C(/C(=O)N[C@@H]1C(=O)N2C(C(=O)[O-])=C(CSc3nnnn3C)CS[C@H]12)c1csc(N)n1.[Na+]. The van der Waals surface area contributed by atoms with E-state index in [-0.39, 0.29) is 57.5 Å². The van der Waals surface area contributed by atoms with Gasteiger partial charge >= 0.3 is 29.6 Å². The predicted octanol–water partition coefficient (Wildman–Crippen LogP) is -5.20. The zero-order valence-corrected chi connectivity index (χ0v) is 22.6. The van der Waals surface area contributed by atoms with E-state index >= 15 is 0 Å². The number of carbonyl (C=O) groups is 3. The summed E-state index contributed by atoms with van der Waals surface area (Å²) in [5.74, 6) is -2.16. The number of aryl methyl sites for hydroxylation is 1. The smallest absolute Gasteiger partial charge is 0.543 e. The molecule has 1 fully saturated rings. The van der Waals surface area contributed by atoms with Gasteiger partial charge in [0.25, 0.3) is 11.8 Å². The second-order valence-electron chi connectivity index (χ2n) is 6.67. The molecule has 2 amide bonds. The fourth-order valence-corrected chi connectivity index (χ4v) is 6.06. The summed E-state index contributed by atoms with van der Waals surface area (Å²) in [4.78, 5) is 47.3. The molecule has 3 N–H and O–H groups in total. The van der Waals surface area contributed by atoms with Crippen LogP contribution in [0.25, 0.3) is 0 Å². The molecule has 0 aromatic carbocycles. The number of anilines is 1. The molecule has 14 nitrogen and oxygen atoms in total. The third-order valence-electron chi connectivity index (χ3n) is 4.65. The molecule has 18 heteroatoms. The van der Waals surface area contributed by atoms with E-state index in [2.05, 4.69) is 31.0 Å². The van der Waals surface area contributed by atoms with Crippen LogP contribution in [-0.2, 0) is 26.3 Å². The van der Waals surface area contributed by atoms with Crippen molar-refractivity contribution in [3.63, 3.8) is 0 Å². The van der Waals surface area contributed by atoms with Crippen molar-refractivity contribution in [3.05, 3.63) is 22.3 Å². The number of nitrogen functional groups attached to an aromatic ring is 1. The first-order valence-electron chi connectivity index (χ1n) is 9.18. The van der Waals surface area contributed by atoms with Crippen LogP contribution < -0.4 is 45.7 Å². The number of hydrogen-bond acceptors (Lipinski definition) is 14. The van der Waals surface area contributed by atoms with E-state index in [1.54, 1.807) is 7.05 Å². The number of fused-ring (bicyclic) bond motifs is 1. The van der Waals surface area contributed by atoms with Crippen molar-refractivity contribution in [1.82, 2.24) is 35.4 Å². The summed E-state index contributed by atoms with van der Waals surface area (Å²) in [5, 5.41) is 30.9. The van der Waals surface area contributed by atoms with Crippen LogP contribution in [0.4, 0.5) is 5.13 Å².